The molecule has 0 N–H and O–H groups in total. The molecule has 0 aliphatic heterocycles. The Hall–Kier alpha value is 2.21. The molecule has 0 bridgehead atoms. The maximum absolute atomic E-state index is 2.33. The molecule has 2 saturated carbocycles. The zero-order chi connectivity index (χ0) is 9.14. The van der Waals surface area contributed by atoms with Crippen LogP contribution in [-0.2, 0) is 65.4 Å². The molecular formula is C12H20Y2-4. The summed E-state index contributed by atoms with van der Waals surface area (Å²) >= 11 is 0. The first-order valence-electron chi connectivity index (χ1n) is 4.98. The molecular weight excluding hydrogens is 322 g/mol. The van der Waals surface area contributed by atoms with Crippen LogP contribution in [-0.4, -0.2) is 0 Å². The van der Waals surface area contributed by atoms with E-state index < -0.39 is 0 Å². The van der Waals surface area contributed by atoms with Crippen LogP contribution in [0.25, 0.3) is 0 Å². The molecule has 0 atom stereocenters. The van der Waals surface area contributed by atoms with Gasteiger partial charge in [0.25, 0.3) is 0 Å². The second-order valence-corrected chi connectivity index (χ2v) is 4.21. The second-order valence-electron chi connectivity index (χ2n) is 4.21. The van der Waals surface area contributed by atoms with Crippen molar-refractivity contribution in [3.8, 4) is 0 Å². The molecule has 2 fully saturated rings. The van der Waals surface area contributed by atoms with Crippen LogP contribution in [0.15, 0.2) is 0 Å². The molecule has 2 heteroatoms. The topological polar surface area (TPSA) is 0 Å². The minimum atomic E-state index is 0. The van der Waals surface area contributed by atoms with E-state index in [1.165, 1.54) is 0 Å². The first-order valence-corrected chi connectivity index (χ1v) is 4.98. The molecule has 78 valence electrons. The molecule has 0 aromatic heterocycles. The number of hydrogen-bond acceptors (Lipinski definition) is 0. The Morgan fingerprint density at radius 1 is 0.500 bits per heavy atom. The van der Waals surface area contributed by atoms with Gasteiger partial charge in [0.2, 0.25) is 0 Å². The Morgan fingerprint density at radius 2 is 0.643 bits per heavy atom. The van der Waals surface area contributed by atoms with Gasteiger partial charge >= 0.3 is 0 Å². The van der Waals surface area contributed by atoms with E-state index in [0.717, 1.165) is 23.7 Å². The van der Waals surface area contributed by atoms with E-state index >= 15 is 0 Å². The van der Waals surface area contributed by atoms with E-state index in [1.54, 1.807) is 0 Å². The molecule has 0 saturated heterocycles. The minimum Gasteiger partial charge on any atom is -0.381 e. The third-order valence-electron chi connectivity index (χ3n) is 2.43. The molecule has 14 heavy (non-hydrogen) atoms. The molecule has 0 unspecified atom stereocenters. The van der Waals surface area contributed by atoms with E-state index in [4.69, 9.17) is 0 Å². The van der Waals surface area contributed by atoms with Gasteiger partial charge in [-0.15, -0.1) is 27.7 Å². The summed E-state index contributed by atoms with van der Waals surface area (Å²) in [6.07, 6.45) is 9.33. The zero-order valence-corrected chi connectivity index (χ0v) is 15.5. The van der Waals surface area contributed by atoms with Crippen molar-refractivity contribution in [2.75, 3.05) is 0 Å². The number of rotatable bonds is 0. The summed E-state index contributed by atoms with van der Waals surface area (Å²) in [5.41, 5.74) is 0. The molecule has 0 spiro atoms. The van der Waals surface area contributed by atoms with Crippen LogP contribution in [0.5, 0.6) is 0 Å². The predicted octanol–water partition coefficient (Wildman–Crippen LogP) is 3.36. The van der Waals surface area contributed by atoms with Crippen LogP contribution in [0.1, 0.15) is 27.7 Å². The summed E-state index contributed by atoms with van der Waals surface area (Å²) in [5, 5.41) is 0. The second kappa shape index (κ2) is 9.26. The monoisotopic (exact) mass is 342 g/mol. The third-order valence-corrected chi connectivity index (χ3v) is 2.43. The molecule has 2 rings (SSSR count). The van der Waals surface area contributed by atoms with Crippen molar-refractivity contribution >= 4 is 0 Å². The predicted molar refractivity (Wildman–Crippen MR) is 53.9 cm³/mol. The summed E-state index contributed by atoms with van der Waals surface area (Å²) in [4.78, 5) is 0. The van der Waals surface area contributed by atoms with E-state index in [0.29, 0.717) is 0 Å². The van der Waals surface area contributed by atoms with Crippen molar-refractivity contribution in [2.45, 2.75) is 27.7 Å². The van der Waals surface area contributed by atoms with Gasteiger partial charge in [0.15, 0.2) is 0 Å². The molecule has 0 heterocycles. The van der Waals surface area contributed by atoms with Gasteiger partial charge in [-0.3, -0.25) is 0 Å². The maximum Gasteiger partial charge on any atom is 0 e. The molecule has 2 aliphatic rings. The van der Waals surface area contributed by atoms with Gasteiger partial charge in [-0.25, -0.2) is 0 Å². The van der Waals surface area contributed by atoms with Crippen LogP contribution in [0.4, 0.5) is 0 Å². The largest absolute Gasteiger partial charge is 0.381 e. The normalized spacial score (nSPS) is 38.6. The first kappa shape index (κ1) is 18.6. The molecule has 0 nitrogen and oxygen atoms in total. The van der Waals surface area contributed by atoms with Crippen molar-refractivity contribution in [2.24, 2.45) is 23.7 Å². The van der Waals surface area contributed by atoms with Crippen LogP contribution >= 0.6 is 0 Å². The van der Waals surface area contributed by atoms with Gasteiger partial charge in [-0.1, -0.05) is 0 Å². The minimum absolute atomic E-state index is 0. The van der Waals surface area contributed by atoms with Crippen molar-refractivity contribution in [3.05, 3.63) is 25.7 Å². The Balaban J connectivity index is 0. The van der Waals surface area contributed by atoms with Gasteiger partial charge in [-0.05, 0) is 0 Å². The van der Waals surface area contributed by atoms with Gasteiger partial charge in [-0.2, -0.15) is 0 Å². The Morgan fingerprint density at radius 3 is 0.643 bits per heavy atom. The van der Waals surface area contributed by atoms with Gasteiger partial charge in [0, 0.05) is 65.4 Å². The van der Waals surface area contributed by atoms with E-state index in [9.17, 15) is 0 Å². The summed E-state index contributed by atoms with van der Waals surface area (Å²) in [7, 11) is 0. The van der Waals surface area contributed by atoms with Crippen molar-refractivity contribution in [1.82, 2.24) is 0 Å². The van der Waals surface area contributed by atoms with E-state index in [1.807, 2.05) is 0 Å². The third kappa shape index (κ3) is 7.48. The average Bonchev–Trinajstić information content (AvgIpc) is 1.84. The summed E-state index contributed by atoms with van der Waals surface area (Å²) < 4.78 is 0. The van der Waals surface area contributed by atoms with Crippen molar-refractivity contribution < 1.29 is 65.4 Å². The van der Waals surface area contributed by atoms with Gasteiger partial charge < -0.3 is 49.4 Å². The fourth-order valence-corrected chi connectivity index (χ4v) is 1.88. The van der Waals surface area contributed by atoms with Crippen LogP contribution in [0, 0.1) is 49.4 Å². The van der Waals surface area contributed by atoms with Crippen LogP contribution < -0.4 is 0 Å². The Labute approximate surface area is 141 Å². The maximum atomic E-state index is 2.33. The van der Waals surface area contributed by atoms with Crippen molar-refractivity contribution in [1.29, 1.82) is 0 Å². The molecule has 0 amide bonds. The molecule has 2 radical (unpaired) electrons. The van der Waals surface area contributed by atoms with Crippen LogP contribution in [0.2, 0.25) is 0 Å². The van der Waals surface area contributed by atoms with Gasteiger partial charge in [0.05, 0.1) is 0 Å². The number of hydrogen-bond donors (Lipinski definition) is 0. The SMILES string of the molecule is CC1[CH-]C(C)[CH-]1.CC1[CH-]C(C)[CH-]1.[Y].[Y]. The summed E-state index contributed by atoms with van der Waals surface area (Å²) in [5.74, 6) is 3.17. The van der Waals surface area contributed by atoms with Gasteiger partial charge in [0.1, 0.15) is 0 Å². The Bertz CT molecular complexity index is 96.3. The summed E-state index contributed by atoms with van der Waals surface area (Å²) in [6.45, 7) is 8.83. The fourth-order valence-electron chi connectivity index (χ4n) is 1.88. The molecule has 0 aromatic carbocycles. The average molecular weight is 342 g/mol. The van der Waals surface area contributed by atoms with E-state index in [-0.39, 0.29) is 65.4 Å². The van der Waals surface area contributed by atoms with Crippen LogP contribution in [0.3, 0.4) is 0 Å². The zero-order valence-electron chi connectivity index (χ0n) is 9.77. The van der Waals surface area contributed by atoms with Crippen molar-refractivity contribution in [3.63, 3.8) is 0 Å². The quantitative estimate of drug-likeness (QED) is 0.593. The summed E-state index contributed by atoms with van der Waals surface area (Å²) in [6, 6.07) is 0. The standard InChI is InChI=1S/2C6H10.2Y/c2*1-5-3-6(2)4-5;;/h2*3-6H,1-2H3;;/q2*-2;;. The smallest absolute Gasteiger partial charge is 0 e. The first-order chi connectivity index (χ1) is 5.58. The fraction of sp³-hybridized carbons (Fsp3) is 0.667. The van der Waals surface area contributed by atoms with E-state index in [2.05, 4.69) is 53.4 Å². The molecule has 0 aromatic rings. The Kier molecular flexibility index (Phi) is 12.3. The molecule has 2 aliphatic carbocycles.